The summed E-state index contributed by atoms with van der Waals surface area (Å²) in [6.07, 6.45) is -0.351. The molecule has 5 rings (SSSR count). The number of halogens is 6. The largest absolute Gasteiger partial charge is 0.573 e. The van der Waals surface area contributed by atoms with Gasteiger partial charge in [-0.2, -0.15) is 0 Å². The van der Waals surface area contributed by atoms with Gasteiger partial charge < -0.3 is 19.5 Å². The highest BCUT2D eigenvalue weighted by Crippen LogP contribution is 2.30. The van der Waals surface area contributed by atoms with Crippen LogP contribution in [0.3, 0.4) is 0 Å². The smallest absolute Gasteiger partial charge is 0.490 e. The molecule has 1 amide bonds. The van der Waals surface area contributed by atoms with Crippen molar-refractivity contribution in [2.75, 3.05) is 0 Å². The number of aromatic nitrogens is 2. The van der Waals surface area contributed by atoms with E-state index in [4.69, 9.17) is 21.1 Å². The molecule has 43 heavy (non-hydrogen) atoms. The van der Waals surface area contributed by atoms with E-state index in [1.54, 1.807) is 34.9 Å². The summed E-state index contributed by atoms with van der Waals surface area (Å²) in [7, 11) is 0. The molecular weight excluding hydrogens is 613 g/mol. The van der Waals surface area contributed by atoms with Crippen molar-refractivity contribution in [3.63, 3.8) is 0 Å². The fraction of sp³-hybridized carbons (Fsp3) is 0.333. The Morgan fingerprint density at radius 2 is 1.65 bits per heavy atom. The van der Waals surface area contributed by atoms with Gasteiger partial charge in [0, 0.05) is 12.7 Å². The summed E-state index contributed by atoms with van der Waals surface area (Å²) < 4.78 is 69.2. The number of amides is 1. The molecule has 0 spiro atoms. The van der Waals surface area contributed by atoms with E-state index >= 15 is 0 Å². The highest BCUT2D eigenvalue weighted by molar-refractivity contribution is 6.30. The average Bonchev–Trinajstić information content (AvgIpc) is 3.32. The lowest BCUT2D eigenvalue weighted by molar-refractivity contribution is -0.274. The first-order chi connectivity index (χ1) is 20.1. The molecule has 230 valence electrons. The van der Waals surface area contributed by atoms with Gasteiger partial charge in [0.05, 0.1) is 22.9 Å². The zero-order valence-corrected chi connectivity index (χ0v) is 24.6. The van der Waals surface area contributed by atoms with E-state index in [1.807, 2.05) is 6.92 Å². The minimum absolute atomic E-state index is 0. The maximum atomic E-state index is 14.9. The fourth-order valence-corrected chi connectivity index (χ4v) is 5.09. The van der Waals surface area contributed by atoms with Crippen LogP contribution in [0.15, 0.2) is 60.8 Å². The minimum atomic E-state index is -4.75. The van der Waals surface area contributed by atoms with Gasteiger partial charge in [0.25, 0.3) is 5.91 Å². The molecule has 1 fully saturated rings. The first-order valence-electron chi connectivity index (χ1n) is 13.5. The SMILES string of the molecule is CCc1nc2ccc(Cl)cn2c1C(=O)NCc1ccc(OC2CCC(Oc3ccc(OC(F)(F)F)cc3)CC2)c(F)c1.Cl. The van der Waals surface area contributed by atoms with Crippen molar-refractivity contribution in [2.45, 2.75) is 64.1 Å². The molecule has 0 bridgehead atoms. The number of hydrogen-bond acceptors (Lipinski definition) is 5. The summed E-state index contributed by atoms with van der Waals surface area (Å²) in [6.45, 7) is 2.02. The zero-order chi connectivity index (χ0) is 29.9. The predicted molar refractivity (Wildman–Crippen MR) is 155 cm³/mol. The van der Waals surface area contributed by atoms with E-state index in [1.165, 1.54) is 30.3 Å². The molecule has 1 N–H and O–H groups in total. The monoisotopic (exact) mass is 641 g/mol. The number of aryl methyl sites for hydroxylation is 1. The van der Waals surface area contributed by atoms with Crippen LogP contribution in [0, 0.1) is 5.82 Å². The molecule has 7 nitrogen and oxygen atoms in total. The van der Waals surface area contributed by atoms with Gasteiger partial charge in [0.2, 0.25) is 0 Å². The van der Waals surface area contributed by atoms with E-state index in [0.717, 1.165) is 0 Å². The van der Waals surface area contributed by atoms with Crippen LogP contribution >= 0.6 is 24.0 Å². The van der Waals surface area contributed by atoms with Crippen molar-refractivity contribution >= 4 is 35.6 Å². The normalized spacial score (nSPS) is 16.8. The number of fused-ring (bicyclic) bond motifs is 1. The van der Waals surface area contributed by atoms with Crippen LogP contribution in [0.1, 0.15) is 54.4 Å². The maximum absolute atomic E-state index is 14.9. The van der Waals surface area contributed by atoms with Gasteiger partial charge in [-0.25, -0.2) is 9.37 Å². The highest BCUT2D eigenvalue weighted by atomic mass is 35.5. The van der Waals surface area contributed by atoms with E-state index in [-0.39, 0.29) is 48.6 Å². The Morgan fingerprint density at radius 3 is 2.28 bits per heavy atom. The van der Waals surface area contributed by atoms with Crippen molar-refractivity contribution in [3.8, 4) is 17.2 Å². The number of ether oxygens (including phenoxy) is 3. The van der Waals surface area contributed by atoms with Crippen LogP contribution < -0.4 is 19.5 Å². The average molecular weight is 642 g/mol. The number of nitrogens with zero attached hydrogens (tertiary/aromatic N) is 2. The van der Waals surface area contributed by atoms with Gasteiger partial charge in [0.15, 0.2) is 11.6 Å². The molecule has 0 unspecified atom stereocenters. The lowest BCUT2D eigenvalue weighted by Gasteiger charge is -2.29. The summed E-state index contributed by atoms with van der Waals surface area (Å²) in [4.78, 5) is 17.5. The molecule has 0 saturated heterocycles. The Kier molecular flexibility index (Phi) is 10.3. The van der Waals surface area contributed by atoms with Gasteiger partial charge >= 0.3 is 6.36 Å². The maximum Gasteiger partial charge on any atom is 0.573 e. The molecule has 2 aromatic heterocycles. The fourth-order valence-electron chi connectivity index (χ4n) is 4.93. The lowest BCUT2D eigenvalue weighted by atomic mass is 9.95. The number of benzene rings is 2. The molecule has 2 heterocycles. The Bertz CT molecular complexity index is 1560. The predicted octanol–water partition coefficient (Wildman–Crippen LogP) is 7.71. The summed E-state index contributed by atoms with van der Waals surface area (Å²) in [5.41, 5.74) is 2.21. The van der Waals surface area contributed by atoms with Gasteiger partial charge in [0.1, 0.15) is 22.8 Å². The molecule has 0 aliphatic heterocycles. The Balaban J connectivity index is 0.00000423. The third-order valence-electron chi connectivity index (χ3n) is 6.93. The van der Waals surface area contributed by atoms with Crippen molar-refractivity contribution < 1.29 is 36.6 Å². The summed E-state index contributed by atoms with van der Waals surface area (Å²) >= 11 is 6.11. The number of nitrogens with one attached hydrogen (secondary N) is 1. The van der Waals surface area contributed by atoms with Gasteiger partial charge in [-0.05, 0) is 86.2 Å². The standard InChI is InChI=1S/C30H28ClF4N3O4.ClH/c1-2-25-28(38-17-19(31)4-14-27(38)37-25)29(39)36-16-18-3-13-26(24(32)15-18)41-22-7-5-20(6-8-22)40-21-9-11-23(12-10-21)42-30(33,34)35;/h3-4,9-15,17,20,22H,2,5-8,16H2,1H3,(H,36,39);1H. The van der Waals surface area contributed by atoms with Crippen molar-refractivity contribution in [1.29, 1.82) is 0 Å². The second kappa shape index (κ2) is 13.7. The Labute approximate surface area is 256 Å². The summed E-state index contributed by atoms with van der Waals surface area (Å²) in [6, 6.07) is 13.3. The first-order valence-corrected chi connectivity index (χ1v) is 13.9. The van der Waals surface area contributed by atoms with Gasteiger partial charge in [-0.1, -0.05) is 24.6 Å². The molecule has 1 aliphatic rings. The number of pyridine rings is 1. The minimum Gasteiger partial charge on any atom is -0.490 e. The molecule has 1 saturated carbocycles. The first kappa shape index (κ1) is 32.2. The Hall–Kier alpha value is -3.70. The number of imidazole rings is 1. The molecule has 0 radical (unpaired) electrons. The van der Waals surface area contributed by atoms with Crippen LogP contribution in [0.5, 0.6) is 17.2 Å². The van der Waals surface area contributed by atoms with E-state index in [2.05, 4.69) is 15.0 Å². The lowest BCUT2D eigenvalue weighted by Crippen LogP contribution is -2.30. The topological polar surface area (TPSA) is 74.1 Å². The molecule has 1 aliphatic carbocycles. The van der Waals surface area contributed by atoms with Crippen LogP contribution in [0.2, 0.25) is 5.02 Å². The third-order valence-corrected chi connectivity index (χ3v) is 7.15. The number of hydrogen-bond donors (Lipinski definition) is 1. The molecular formula is C30H29Cl2F4N3O4. The third kappa shape index (κ3) is 8.23. The summed E-state index contributed by atoms with van der Waals surface area (Å²) in [5, 5.41) is 3.31. The van der Waals surface area contributed by atoms with Crippen LogP contribution in [0.4, 0.5) is 17.6 Å². The van der Waals surface area contributed by atoms with Crippen LogP contribution in [-0.4, -0.2) is 33.9 Å². The molecule has 0 atom stereocenters. The van der Waals surface area contributed by atoms with Crippen molar-refractivity contribution in [2.24, 2.45) is 0 Å². The van der Waals surface area contributed by atoms with Gasteiger partial charge in [-0.15, -0.1) is 25.6 Å². The molecule has 4 aromatic rings. The second-order valence-corrected chi connectivity index (χ2v) is 10.4. The van der Waals surface area contributed by atoms with E-state index in [0.29, 0.717) is 65.5 Å². The van der Waals surface area contributed by atoms with E-state index in [9.17, 15) is 22.4 Å². The molecule has 2 aromatic carbocycles. The number of alkyl halides is 3. The van der Waals surface area contributed by atoms with Crippen molar-refractivity contribution in [3.05, 3.63) is 88.6 Å². The number of carbonyl (C=O) groups is 1. The quantitative estimate of drug-likeness (QED) is 0.190. The van der Waals surface area contributed by atoms with E-state index < -0.39 is 12.2 Å². The zero-order valence-electron chi connectivity index (χ0n) is 23.0. The molecule has 13 heteroatoms. The highest BCUT2D eigenvalue weighted by Gasteiger charge is 2.31. The van der Waals surface area contributed by atoms with Crippen molar-refractivity contribution in [1.82, 2.24) is 14.7 Å². The number of rotatable bonds is 9. The van der Waals surface area contributed by atoms with Crippen LogP contribution in [0.25, 0.3) is 5.65 Å². The summed E-state index contributed by atoms with van der Waals surface area (Å²) in [5.74, 6) is -0.618. The van der Waals surface area contributed by atoms with Gasteiger partial charge in [-0.3, -0.25) is 9.20 Å². The Morgan fingerprint density at radius 1 is 1.00 bits per heavy atom. The number of carbonyl (C=O) groups excluding carboxylic acids is 1. The second-order valence-electron chi connectivity index (χ2n) is 9.94. The van der Waals surface area contributed by atoms with Crippen LogP contribution in [-0.2, 0) is 13.0 Å².